The Kier molecular flexibility index (Phi) is 3.34. The number of aromatic nitrogens is 2. The van der Waals surface area contributed by atoms with Crippen LogP contribution in [-0.2, 0) is 5.60 Å². The SMILES string of the molecule is Cc1cc(C(C)(C)O)ncc1-c1ccc2cc(N)ncc2c1. The fraction of sp³-hybridized carbons (Fsp3) is 0.222. The molecule has 0 aliphatic rings. The first kappa shape index (κ1) is 14.5. The van der Waals surface area contributed by atoms with Gasteiger partial charge in [0.1, 0.15) is 11.4 Å². The van der Waals surface area contributed by atoms with Crippen molar-refractivity contribution in [1.29, 1.82) is 0 Å². The molecule has 112 valence electrons. The van der Waals surface area contributed by atoms with E-state index in [0.29, 0.717) is 11.5 Å². The number of hydrogen-bond acceptors (Lipinski definition) is 4. The van der Waals surface area contributed by atoms with E-state index in [4.69, 9.17) is 5.73 Å². The van der Waals surface area contributed by atoms with E-state index in [9.17, 15) is 5.11 Å². The molecule has 22 heavy (non-hydrogen) atoms. The summed E-state index contributed by atoms with van der Waals surface area (Å²) in [6, 6.07) is 9.96. The molecule has 0 spiro atoms. The van der Waals surface area contributed by atoms with Gasteiger partial charge in [-0.05, 0) is 55.5 Å². The van der Waals surface area contributed by atoms with Gasteiger partial charge in [0.05, 0.1) is 5.69 Å². The molecule has 3 N–H and O–H groups in total. The number of anilines is 1. The van der Waals surface area contributed by atoms with E-state index in [1.807, 2.05) is 31.3 Å². The van der Waals surface area contributed by atoms with Gasteiger partial charge in [0, 0.05) is 23.3 Å². The second-order valence-electron chi connectivity index (χ2n) is 6.11. The number of aryl methyl sites for hydroxylation is 1. The lowest BCUT2D eigenvalue weighted by atomic mass is 9.96. The van der Waals surface area contributed by atoms with E-state index in [1.54, 1.807) is 20.0 Å². The highest BCUT2D eigenvalue weighted by Crippen LogP contribution is 2.29. The molecule has 2 heterocycles. The standard InChI is InChI=1S/C18H19N3O/c1-11-6-16(18(2,3)22)20-10-15(11)13-5-4-12-8-17(19)21-9-14(12)7-13/h4-10,22H,1-3H3,(H2,19,21). The summed E-state index contributed by atoms with van der Waals surface area (Å²) < 4.78 is 0. The van der Waals surface area contributed by atoms with Gasteiger partial charge >= 0.3 is 0 Å². The average molecular weight is 293 g/mol. The minimum absolute atomic E-state index is 0.521. The zero-order valence-corrected chi connectivity index (χ0v) is 13.0. The molecule has 0 atom stereocenters. The monoisotopic (exact) mass is 293 g/mol. The van der Waals surface area contributed by atoms with E-state index in [0.717, 1.165) is 27.5 Å². The van der Waals surface area contributed by atoms with E-state index >= 15 is 0 Å². The minimum atomic E-state index is -0.936. The number of aliphatic hydroxyl groups is 1. The van der Waals surface area contributed by atoms with Crippen LogP contribution in [-0.4, -0.2) is 15.1 Å². The summed E-state index contributed by atoms with van der Waals surface area (Å²) in [4.78, 5) is 8.54. The summed E-state index contributed by atoms with van der Waals surface area (Å²) in [5, 5.41) is 12.2. The van der Waals surface area contributed by atoms with Gasteiger partial charge in [-0.25, -0.2) is 4.98 Å². The van der Waals surface area contributed by atoms with Crippen LogP contribution in [0.5, 0.6) is 0 Å². The average Bonchev–Trinajstić information content (AvgIpc) is 2.45. The van der Waals surface area contributed by atoms with Crippen LogP contribution in [0.1, 0.15) is 25.1 Å². The van der Waals surface area contributed by atoms with Gasteiger partial charge in [0.2, 0.25) is 0 Å². The van der Waals surface area contributed by atoms with Gasteiger partial charge in [-0.2, -0.15) is 0 Å². The van der Waals surface area contributed by atoms with Crippen molar-refractivity contribution in [3.63, 3.8) is 0 Å². The Morgan fingerprint density at radius 1 is 1.00 bits per heavy atom. The zero-order chi connectivity index (χ0) is 15.9. The number of hydrogen-bond donors (Lipinski definition) is 2. The molecule has 0 saturated heterocycles. The predicted octanol–water partition coefficient (Wildman–Crippen LogP) is 3.41. The second-order valence-corrected chi connectivity index (χ2v) is 6.11. The largest absolute Gasteiger partial charge is 0.384 e. The van der Waals surface area contributed by atoms with Crippen LogP contribution in [0.25, 0.3) is 21.9 Å². The summed E-state index contributed by atoms with van der Waals surface area (Å²) in [6.07, 6.45) is 3.59. The topological polar surface area (TPSA) is 72.0 Å². The number of fused-ring (bicyclic) bond motifs is 1. The van der Waals surface area contributed by atoms with E-state index < -0.39 is 5.60 Å². The molecule has 0 amide bonds. The molecule has 0 fully saturated rings. The molecule has 0 aliphatic heterocycles. The number of nitrogens with zero attached hydrogens (tertiary/aromatic N) is 2. The Morgan fingerprint density at radius 2 is 1.77 bits per heavy atom. The summed E-state index contributed by atoms with van der Waals surface area (Å²) >= 11 is 0. The fourth-order valence-corrected chi connectivity index (χ4v) is 2.52. The van der Waals surface area contributed by atoms with Crippen LogP contribution in [0, 0.1) is 6.92 Å². The summed E-state index contributed by atoms with van der Waals surface area (Å²) in [7, 11) is 0. The number of rotatable bonds is 2. The van der Waals surface area contributed by atoms with E-state index in [-0.39, 0.29) is 0 Å². The number of benzene rings is 1. The number of nitrogen functional groups attached to an aromatic ring is 1. The zero-order valence-electron chi connectivity index (χ0n) is 13.0. The van der Waals surface area contributed by atoms with Gasteiger partial charge in [-0.1, -0.05) is 12.1 Å². The lowest BCUT2D eigenvalue weighted by Gasteiger charge is -2.18. The lowest BCUT2D eigenvalue weighted by molar-refractivity contribution is 0.0738. The molecule has 0 unspecified atom stereocenters. The lowest BCUT2D eigenvalue weighted by Crippen LogP contribution is -2.17. The van der Waals surface area contributed by atoms with E-state index in [2.05, 4.69) is 22.1 Å². The molecule has 4 heteroatoms. The molecular formula is C18H19N3O. The molecule has 0 radical (unpaired) electrons. The Bertz CT molecular complexity index is 851. The highest BCUT2D eigenvalue weighted by molar-refractivity contribution is 5.88. The smallest absolute Gasteiger partial charge is 0.123 e. The maximum absolute atomic E-state index is 10.1. The van der Waals surface area contributed by atoms with Gasteiger partial charge < -0.3 is 10.8 Å². The third-order valence-corrected chi connectivity index (χ3v) is 3.79. The van der Waals surface area contributed by atoms with Crippen molar-refractivity contribution in [2.45, 2.75) is 26.4 Å². The van der Waals surface area contributed by atoms with Crippen LogP contribution in [0.3, 0.4) is 0 Å². The quantitative estimate of drug-likeness (QED) is 0.759. The van der Waals surface area contributed by atoms with Crippen LogP contribution < -0.4 is 5.73 Å². The molecular weight excluding hydrogens is 274 g/mol. The molecule has 0 saturated carbocycles. The highest BCUT2D eigenvalue weighted by Gasteiger charge is 2.18. The molecule has 2 aromatic heterocycles. The first-order valence-corrected chi connectivity index (χ1v) is 7.20. The Labute approximate surface area is 129 Å². The first-order valence-electron chi connectivity index (χ1n) is 7.20. The maximum Gasteiger partial charge on any atom is 0.123 e. The summed E-state index contributed by atoms with van der Waals surface area (Å²) in [5.74, 6) is 0.521. The number of nitrogens with two attached hydrogens (primary N) is 1. The maximum atomic E-state index is 10.1. The Morgan fingerprint density at radius 3 is 2.45 bits per heavy atom. The highest BCUT2D eigenvalue weighted by atomic mass is 16.3. The molecule has 0 bridgehead atoms. The predicted molar refractivity (Wildman–Crippen MR) is 89.4 cm³/mol. The van der Waals surface area contributed by atoms with Crippen molar-refractivity contribution < 1.29 is 5.11 Å². The molecule has 1 aromatic carbocycles. The van der Waals surface area contributed by atoms with Crippen molar-refractivity contribution in [1.82, 2.24) is 9.97 Å². The third-order valence-electron chi connectivity index (χ3n) is 3.79. The molecule has 4 nitrogen and oxygen atoms in total. The van der Waals surface area contributed by atoms with Crippen molar-refractivity contribution in [2.75, 3.05) is 5.73 Å². The van der Waals surface area contributed by atoms with Gasteiger partial charge in [0.15, 0.2) is 0 Å². The molecule has 3 aromatic rings. The van der Waals surface area contributed by atoms with Gasteiger partial charge in [-0.3, -0.25) is 4.98 Å². The summed E-state index contributed by atoms with van der Waals surface area (Å²) in [5.41, 5.74) is 8.65. The van der Waals surface area contributed by atoms with Crippen molar-refractivity contribution in [2.24, 2.45) is 0 Å². The second kappa shape index (κ2) is 5.07. The van der Waals surface area contributed by atoms with Crippen LogP contribution in [0.2, 0.25) is 0 Å². The summed E-state index contributed by atoms with van der Waals surface area (Å²) in [6.45, 7) is 5.50. The Hall–Kier alpha value is -2.46. The van der Waals surface area contributed by atoms with Crippen LogP contribution in [0.15, 0.2) is 42.7 Å². The first-order chi connectivity index (χ1) is 10.3. The van der Waals surface area contributed by atoms with Gasteiger partial charge in [0.25, 0.3) is 0 Å². The van der Waals surface area contributed by atoms with E-state index in [1.165, 1.54) is 0 Å². The normalized spacial score (nSPS) is 11.8. The van der Waals surface area contributed by atoms with Gasteiger partial charge in [-0.15, -0.1) is 0 Å². The third kappa shape index (κ3) is 2.65. The van der Waals surface area contributed by atoms with Crippen LogP contribution >= 0.6 is 0 Å². The molecule has 3 rings (SSSR count). The minimum Gasteiger partial charge on any atom is -0.384 e. The van der Waals surface area contributed by atoms with Crippen LogP contribution in [0.4, 0.5) is 5.82 Å². The molecule has 0 aliphatic carbocycles. The Balaban J connectivity index is 2.09. The van der Waals surface area contributed by atoms with Crippen molar-refractivity contribution in [3.8, 4) is 11.1 Å². The van der Waals surface area contributed by atoms with Crippen molar-refractivity contribution in [3.05, 3.63) is 54.0 Å². The fourth-order valence-electron chi connectivity index (χ4n) is 2.52. The number of pyridine rings is 2. The van der Waals surface area contributed by atoms with Crippen molar-refractivity contribution >= 4 is 16.6 Å².